The number of nitrogens with one attached hydrogen (secondary N) is 1. The molecule has 0 fully saturated rings. The maximum Gasteiger partial charge on any atom is 0.0184 e. The Hall–Kier alpha value is -1.25. The topological polar surface area (TPSA) is 12.0 Å². The third-order valence-corrected chi connectivity index (χ3v) is 5.44. The minimum atomic E-state index is 0.521. The van der Waals surface area contributed by atoms with E-state index in [2.05, 4.69) is 67.7 Å². The zero-order valence-electron chi connectivity index (χ0n) is 12.8. The minimum absolute atomic E-state index is 0.521. The van der Waals surface area contributed by atoms with Gasteiger partial charge < -0.3 is 5.32 Å². The van der Waals surface area contributed by atoms with E-state index in [1.807, 2.05) is 11.8 Å². The van der Waals surface area contributed by atoms with Crippen molar-refractivity contribution < 1.29 is 0 Å². The van der Waals surface area contributed by atoms with Crippen LogP contribution in [0.2, 0.25) is 0 Å². The Kier molecular flexibility index (Phi) is 4.67. The third kappa shape index (κ3) is 3.33. The van der Waals surface area contributed by atoms with Gasteiger partial charge in [-0.15, -0.1) is 11.8 Å². The fourth-order valence-electron chi connectivity index (χ4n) is 3.23. The van der Waals surface area contributed by atoms with Gasteiger partial charge in [-0.05, 0) is 37.1 Å². The second-order valence-electron chi connectivity index (χ2n) is 5.81. The fourth-order valence-corrected chi connectivity index (χ4v) is 4.56. The molecule has 0 radical (unpaired) electrons. The van der Waals surface area contributed by atoms with E-state index < -0.39 is 0 Å². The van der Waals surface area contributed by atoms with E-state index in [9.17, 15) is 0 Å². The van der Waals surface area contributed by atoms with Crippen LogP contribution in [-0.4, -0.2) is 18.3 Å². The molecule has 2 atom stereocenters. The van der Waals surface area contributed by atoms with Crippen molar-refractivity contribution in [3.8, 4) is 0 Å². The normalized spacial score (nSPS) is 18.5. The summed E-state index contributed by atoms with van der Waals surface area (Å²) >= 11 is 2.00. The summed E-state index contributed by atoms with van der Waals surface area (Å²) in [6.07, 6.45) is 1.11. The summed E-state index contributed by atoms with van der Waals surface area (Å²) in [5.41, 5.74) is 4.32. The predicted octanol–water partition coefficient (Wildman–Crippen LogP) is 4.41. The summed E-state index contributed by atoms with van der Waals surface area (Å²) in [7, 11) is 0. The van der Waals surface area contributed by atoms with Gasteiger partial charge in [0.15, 0.2) is 0 Å². The Morgan fingerprint density at radius 3 is 2.86 bits per heavy atom. The van der Waals surface area contributed by atoms with E-state index >= 15 is 0 Å². The molecule has 110 valence electrons. The summed E-state index contributed by atoms with van der Waals surface area (Å²) < 4.78 is 0. The number of likely N-dealkylation sites (N-methyl/N-ethyl adjacent to an activating group) is 1. The summed E-state index contributed by atoms with van der Waals surface area (Å²) in [5.74, 6) is 1.81. The summed E-state index contributed by atoms with van der Waals surface area (Å²) in [4.78, 5) is 1.47. The maximum atomic E-state index is 3.72. The molecule has 0 saturated carbocycles. The number of hydrogen-bond donors (Lipinski definition) is 1. The monoisotopic (exact) mass is 297 g/mol. The van der Waals surface area contributed by atoms with Crippen LogP contribution in [0.15, 0.2) is 53.4 Å². The molecule has 2 aromatic carbocycles. The first-order valence-electron chi connectivity index (χ1n) is 7.78. The second kappa shape index (κ2) is 6.67. The molecule has 1 heterocycles. The molecule has 3 rings (SSSR count). The molecule has 1 aliphatic heterocycles. The lowest BCUT2D eigenvalue weighted by atomic mass is 9.89. The Morgan fingerprint density at radius 1 is 1.19 bits per heavy atom. The highest BCUT2D eigenvalue weighted by Gasteiger charge is 2.29. The van der Waals surface area contributed by atoms with E-state index in [4.69, 9.17) is 0 Å². The van der Waals surface area contributed by atoms with Gasteiger partial charge in [0.1, 0.15) is 0 Å². The lowest BCUT2D eigenvalue weighted by Gasteiger charge is -2.25. The van der Waals surface area contributed by atoms with Crippen molar-refractivity contribution in [1.29, 1.82) is 0 Å². The fraction of sp³-hybridized carbons (Fsp3) is 0.368. The molecular weight excluding hydrogens is 274 g/mol. The van der Waals surface area contributed by atoms with Crippen molar-refractivity contribution in [2.45, 2.75) is 37.1 Å². The molecule has 0 aromatic heterocycles. The smallest absolute Gasteiger partial charge is 0.0184 e. The van der Waals surface area contributed by atoms with Crippen LogP contribution in [0.4, 0.5) is 0 Å². The minimum Gasteiger partial charge on any atom is -0.313 e. The molecule has 2 unspecified atom stereocenters. The number of hydrogen-bond acceptors (Lipinski definition) is 2. The van der Waals surface area contributed by atoms with Crippen molar-refractivity contribution in [2.75, 3.05) is 12.3 Å². The molecule has 1 aliphatic rings. The molecule has 1 N–H and O–H groups in total. The van der Waals surface area contributed by atoms with Gasteiger partial charge in [0, 0.05) is 22.6 Å². The second-order valence-corrected chi connectivity index (χ2v) is 6.87. The Bertz CT molecular complexity index is 608. The summed E-state index contributed by atoms with van der Waals surface area (Å²) in [5, 5.41) is 3.72. The van der Waals surface area contributed by atoms with E-state index in [1.54, 1.807) is 0 Å². The third-order valence-electron chi connectivity index (χ3n) is 4.23. The largest absolute Gasteiger partial charge is 0.313 e. The van der Waals surface area contributed by atoms with E-state index in [1.165, 1.54) is 27.3 Å². The molecular formula is C19H23NS. The van der Waals surface area contributed by atoms with Crippen LogP contribution < -0.4 is 5.32 Å². The van der Waals surface area contributed by atoms with Crippen LogP contribution in [0, 0.1) is 6.92 Å². The molecule has 21 heavy (non-hydrogen) atoms. The summed E-state index contributed by atoms with van der Waals surface area (Å²) in [6, 6.07) is 18.3. The van der Waals surface area contributed by atoms with Gasteiger partial charge in [-0.2, -0.15) is 0 Å². The van der Waals surface area contributed by atoms with Crippen LogP contribution >= 0.6 is 11.8 Å². The van der Waals surface area contributed by atoms with Gasteiger partial charge in [-0.25, -0.2) is 0 Å². The first-order valence-corrected chi connectivity index (χ1v) is 8.77. The quantitative estimate of drug-likeness (QED) is 0.877. The van der Waals surface area contributed by atoms with Crippen LogP contribution in [0.5, 0.6) is 0 Å². The number of benzene rings is 2. The van der Waals surface area contributed by atoms with Gasteiger partial charge in [-0.3, -0.25) is 0 Å². The maximum absolute atomic E-state index is 3.72. The molecule has 0 aliphatic carbocycles. The number of rotatable bonds is 5. The SMILES string of the molecule is CCNC(Cc1cccc(C)c1)C1CSc2ccccc21. The van der Waals surface area contributed by atoms with Gasteiger partial charge in [0.2, 0.25) is 0 Å². The Morgan fingerprint density at radius 2 is 2.05 bits per heavy atom. The lowest BCUT2D eigenvalue weighted by molar-refractivity contribution is 0.463. The average Bonchev–Trinajstić information content (AvgIpc) is 2.91. The van der Waals surface area contributed by atoms with E-state index in [-0.39, 0.29) is 0 Å². The predicted molar refractivity (Wildman–Crippen MR) is 92.3 cm³/mol. The number of aryl methyl sites for hydroxylation is 1. The first kappa shape index (κ1) is 14.7. The zero-order chi connectivity index (χ0) is 14.7. The van der Waals surface area contributed by atoms with E-state index in [0.717, 1.165) is 13.0 Å². The molecule has 0 amide bonds. The molecule has 2 aromatic rings. The van der Waals surface area contributed by atoms with Gasteiger partial charge in [-0.1, -0.05) is 55.0 Å². The van der Waals surface area contributed by atoms with Crippen molar-refractivity contribution in [2.24, 2.45) is 0 Å². The van der Waals surface area contributed by atoms with Crippen LogP contribution in [0.3, 0.4) is 0 Å². The zero-order valence-corrected chi connectivity index (χ0v) is 13.6. The van der Waals surface area contributed by atoms with Crippen molar-refractivity contribution in [3.05, 3.63) is 65.2 Å². The van der Waals surface area contributed by atoms with E-state index in [0.29, 0.717) is 12.0 Å². The average molecular weight is 297 g/mol. The highest BCUT2D eigenvalue weighted by atomic mass is 32.2. The van der Waals surface area contributed by atoms with Crippen molar-refractivity contribution in [3.63, 3.8) is 0 Å². The summed E-state index contributed by atoms with van der Waals surface area (Å²) in [6.45, 7) is 5.41. The Balaban J connectivity index is 1.82. The van der Waals surface area contributed by atoms with Crippen LogP contribution in [-0.2, 0) is 6.42 Å². The highest BCUT2D eigenvalue weighted by molar-refractivity contribution is 7.99. The Labute approximate surface area is 132 Å². The van der Waals surface area contributed by atoms with Crippen LogP contribution in [0.25, 0.3) is 0 Å². The number of fused-ring (bicyclic) bond motifs is 1. The molecule has 0 bridgehead atoms. The molecule has 1 nitrogen and oxygen atoms in total. The standard InChI is InChI=1S/C19H23NS/c1-3-20-18(12-15-8-6-7-14(2)11-15)17-13-21-19-10-5-4-9-16(17)19/h4-11,17-18,20H,3,12-13H2,1-2H3. The first-order chi connectivity index (χ1) is 10.3. The van der Waals surface area contributed by atoms with Gasteiger partial charge in [0.25, 0.3) is 0 Å². The van der Waals surface area contributed by atoms with Crippen LogP contribution in [0.1, 0.15) is 29.5 Å². The lowest BCUT2D eigenvalue weighted by Crippen LogP contribution is -2.37. The van der Waals surface area contributed by atoms with Crippen molar-refractivity contribution >= 4 is 11.8 Å². The van der Waals surface area contributed by atoms with Gasteiger partial charge >= 0.3 is 0 Å². The van der Waals surface area contributed by atoms with Gasteiger partial charge in [0.05, 0.1) is 0 Å². The molecule has 2 heteroatoms. The number of thioether (sulfide) groups is 1. The highest BCUT2D eigenvalue weighted by Crippen LogP contribution is 2.41. The molecule has 0 spiro atoms. The van der Waals surface area contributed by atoms with Crippen molar-refractivity contribution in [1.82, 2.24) is 5.32 Å². The molecule has 0 saturated heterocycles.